The molecule has 0 saturated heterocycles. The highest BCUT2D eigenvalue weighted by Crippen LogP contribution is 2.26. The van der Waals surface area contributed by atoms with Crippen LogP contribution in [0.1, 0.15) is 15.9 Å². The minimum atomic E-state index is -4.98. The number of allylic oxidation sites excluding steroid dienone is 2. The number of hydrogen-bond donors (Lipinski definition) is 0. The summed E-state index contributed by atoms with van der Waals surface area (Å²) in [6.07, 6.45) is -4.87. The highest BCUT2D eigenvalue weighted by atomic mass is 19.4. The van der Waals surface area contributed by atoms with Gasteiger partial charge >= 0.3 is 6.18 Å². The van der Waals surface area contributed by atoms with Gasteiger partial charge in [-0.2, -0.15) is 13.2 Å². The van der Waals surface area contributed by atoms with E-state index in [4.69, 9.17) is 0 Å². The van der Waals surface area contributed by atoms with E-state index in [2.05, 4.69) is 0 Å². The number of benzene rings is 1. The SMILES string of the molecule is O=N/C(=C\C(=O)c1ccc(CF)cc1)C(F)(F)F. The van der Waals surface area contributed by atoms with Gasteiger partial charge in [-0.1, -0.05) is 24.3 Å². The van der Waals surface area contributed by atoms with E-state index in [-0.39, 0.29) is 11.6 Å². The topological polar surface area (TPSA) is 46.5 Å². The van der Waals surface area contributed by atoms with Crippen molar-refractivity contribution in [1.29, 1.82) is 0 Å². The molecule has 0 amide bonds. The van der Waals surface area contributed by atoms with Gasteiger partial charge in [0.1, 0.15) is 6.67 Å². The van der Waals surface area contributed by atoms with Crippen LogP contribution in [0.2, 0.25) is 0 Å². The summed E-state index contributed by atoms with van der Waals surface area (Å²) in [6.45, 7) is -0.742. The van der Waals surface area contributed by atoms with Crippen molar-refractivity contribution in [1.82, 2.24) is 0 Å². The molecular formula is C11H7F4NO2. The van der Waals surface area contributed by atoms with E-state index in [1.165, 1.54) is 24.3 Å². The molecular weight excluding hydrogens is 254 g/mol. The van der Waals surface area contributed by atoms with Gasteiger partial charge in [0.15, 0.2) is 11.5 Å². The molecule has 0 N–H and O–H groups in total. The Morgan fingerprint density at radius 1 is 1.22 bits per heavy atom. The molecule has 7 heteroatoms. The fourth-order valence-corrected chi connectivity index (χ4v) is 1.13. The number of ketones is 1. The van der Waals surface area contributed by atoms with Crippen molar-refractivity contribution in [2.75, 3.05) is 0 Å². The van der Waals surface area contributed by atoms with Crippen molar-refractivity contribution >= 4 is 5.78 Å². The maximum atomic E-state index is 12.2. The standard InChI is InChI=1S/C11H7F4NO2/c12-6-7-1-3-8(4-2-7)9(17)5-10(16-18)11(13,14)15/h1-5H,6H2/b10-5-. The Kier molecular flexibility index (Phi) is 4.30. The molecule has 0 aliphatic rings. The van der Waals surface area contributed by atoms with E-state index < -0.39 is 24.3 Å². The van der Waals surface area contributed by atoms with Gasteiger partial charge in [-0.15, -0.1) is 4.91 Å². The molecule has 0 radical (unpaired) electrons. The largest absolute Gasteiger partial charge is 0.436 e. The number of halogens is 4. The van der Waals surface area contributed by atoms with Crippen LogP contribution in [0.3, 0.4) is 0 Å². The van der Waals surface area contributed by atoms with Gasteiger partial charge < -0.3 is 0 Å². The minimum absolute atomic E-state index is 0.0856. The van der Waals surface area contributed by atoms with Gasteiger partial charge in [-0.25, -0.2) is 4.39 Å². The Bertz CT molecular complexity index is 477. The molecule has 96 valence electrons. The normalized spacial score (nSPS) is 12.3. The highest BCUT2D eigenvalue weighted by molar-refractivity contribution is 6.05. The van der Waals surface area contributed by atoms with E-state index in [0.29, 0.717) is 5.56 Å². The van der Waals surface area contributed by atoms with Crippen LogP contribution in [0.4, 0.5) is 17.6 Å². The molecule has 0 atom stereocenters. The maximum Gasteiger partial charge on any atom is 0.436 e. The number of rotatable bonds is 4. The van der Waals surface area contributed by atoms with E-state index in [0.717, 1.165) is 0 Å². The monoisotopic (exact) mass is 261 g/mol. The Hall–Kier alpha value is -2.05. The summed E-state index contributed by atoms with van der Waals surface area (Å²) in [5.74, 6) is -1.02. The number of nitroso groups, excluding NO2 is 1. The number of hydrogen-bond acceptors (Lipinski definition) is 3. The molecule has 3 nitrogen and oxygen atoms in total. The third-order valence-electron chi connectivity index (χ3n) is 2.05. The molecule has 0 aromatic heterocycles. The molecule has 0 spiro atoms. The molecule has 0 fully saturated rings. The van der Waals surface area contributed by atoms with Crippen LogP contribution >= 0.6 is 0 Å². The first kappa shape index (κ1) is 14.0. The third kappa shape index (κ3) is 3.47. The fourth-order valence-electron chi connectivity index (χ4n) is 1.13. The second-order valence-corrected chi connectivity index (χ2v) is 3.31. The smallest absolute Gasteiger partial charge is 0.289 e. The summed E-state index contributed by atoms with van der Waals surface area (Å²) in [6, 6.07) is 4.88. The zero-order valence-corrected chi connectivity index (χ0v) is 8.87. The van der Waals surface area contributed by atoms with Crippen molar-refractivity contribution in [3.05, 3.63) is 52.1 Å². The second-order valence-electron chi connectivity index (χ2n) is 3.31. The second kappa shape index (κ2) is 5.52. The highest BCUT2D eigenvalue weighted by Gasteiger charge is 2.36. The molecule has 0 aliphatic carbocycles. The molecule has 0 bridgehead atoms. The van der Waals surface area contributed by atoms with Crippen LogP contribution in [-0.2, 0) is 6.67 Å². The van der Waals surface area contributed by atoms with E-state index >= 15 is 0 Å². The zero-order chi connectivity index (χ0) is 13.8. The van der Waals surface area contributed by atoms with Gasteiger partial charge in [0.25, 0.3) is 0 Å². The Balaban J connectivity index is 2.99. The lowest BCUT2D eigenvalue weighted by Crippen LogP contribution is -2.11. The van der Waals surface area contributed by atoms with Crippen molar-refractivity contribution < 1.29 is 22.4 Å². The van der Waals surface area contributed by atoms with E-state index in [1.54, 1.807) is 5.18 Å². The Morgan fingerprint density at radius 2 is 1.78 bits per heavy atom. The summed E-state index contributed by atoms with van der Waals surface area (Å²) >= 11 is 0. The average Bonchev–Trinajstić information content (AvgIpc) is 2.34. The van der Waals surface area contributed by atoms with Crippen molar-refractivity contribution in [3.63, 3.8) is 0 Å². The van der Waals surface area contributed by atoms with Gasteiger partial charge in [0.05, 0.1) is 0 Å². The van der Waals surface area contributed by atoms with Crippen molar-refractivity contribution in [2.24, 2.45) is 5.18 Å². The Morgan fingerprint density at radius 3 is 2.17 bits per heavy atom. The third-order valence-corrected chi connectivity index (χ3v) is 2.05. The fraction of sp³-hybridized carbons (Fsp3) is 0.182. The molecule has 1 aromatic rings. The van der Waals surface area contributed by atoms with Crippen LogP contribution in [-0.4, -0.2) is 12.0 Å². The van der Waals surface area contributed by atoms with Crippen LogP contribution in [0.25, 0.3) is 0 Å². The van der Waals surface area contributed by atoms with Crippen LogP contribution in [0, 0.1) is 4.91 Å². The predicted molar refractivity (Wildman–Crippen MR) is 55.5 cm³/mol. The summed E-state index contributed by atoms with van der Waals surface area (Å²) in [5, 5.41) is 1.76. The Labute approximate surface area is 99.1 Å². The molecule has 0 unspecified atom stereocenters. The summed E-state index contributed by atoms with van der Waals surface area (Å²) in [7, 11) is 0. The van der Waals surface area contributed by atoms with Crippen molar-refractivity contribution in [3.8, 4) is 0 Å². The molecule has 0 aliphatic heterocycles. The van der Waals surface area contributed by atoms with Crippen LogP contribution in [0.5, 0.6) is 0 Å². The van der Waals surface area contributed by atoms with E-state index in [1.807, 2.05) is 0 Å². The van der Waals surface area contributed by atoms with Gasteiger partial charge in [-0.3, -0.25) is 4.79 Å². The maximum absolute atomic E-state index is 12.2. The van der Waals surface area contributed by atoms with Crippen LogP contribution in [0.15, 0.2) is 41.2 Å². The molecule has 18 heavy (non-hydrogen) atoms. The first-order chi connectivity index (χ1) is 8.38. The van der Waals surface area contributed by atoms with Gasteiger partial charge in [0, 0.05) is 11.6 Å². The lowest BCUT2D eigenvalue weighted by atomic mass is 10.1. The summed E-state index contributed by atoms with van der Waals surface area (Å²) in [5.41, 5.74) is -1.60. The van der Waals surface area contributed by atoms with Gasteiger partial charge in [0.2, 0.25) is 0 Å². The van der Waals surface area contributed by atoms with Crippen LogP contribution < -0.4 is 0 Å². The molecule has 1 aromatic carbocycles. The predicted octanol–water partition coefficient (Wildman–Crippen LogP) is 3.55. The first-order valence-corrected chi connectivity index (χ1v) is 4.70. The molecule has 1 rings (SSSR count). The number of carbonyl (C=O) groups is 1. The summed E-state index contributed by atoms with van der Waals surface area (Å²) < 4.78 is 48.6. The number of carbonyl (C=O) groups excluding carboxylic acids is 1. The lowest BCUT2D eigenvalue weighted by Gasteiger charge is -2.03. The number of nitrogens with zero attached hydrogens (tertiary/aromatic N) is 1. The quantitative estimate of drug-likeness (QED) is 0.360. The number of alkyl halides is 4. The van der Waals surface area contributed by atoms with E-state index in [9.17, 15) is 27.3 Å². The summed E-state index contributed by atoms with van der Waals surface area (Å²) in [4.78, 5) is 21.4. The molecule has 0 heterocycles. The minimum Gasteiger partial charge on any atom is -0.289 e. The van der Waals surface area contributed by atoms with Gasteiger partial charge in [-0.05, 0) is 10.7 Å². The lowest BCUT2D eigenvalue weighted by molar-refractivity contribution is -0.0925. The zero-order valence-electron chi connectivity index (χ0n) is 8.87. The van der Waals surface area contributed by atoms with Crippen molar-refractivity contribution in [2.45, 2.75) is 12.9 Å². The first-order valence-electron chi connectivity index (χ1n) is 4.70. The average molecular weight is 261 g/mol. The molecule has 0 saturated carbocycles.